The van der Waals surface area contributed by atoms with E-state index in [0.717, 1.165) is 36.6 Å². The van der Waals surface area contributed by atoms with Crippen LogP contribution in [0.2, 0.25) is 0 Å². The van der Waals surface area contributed by atoms with Crippen molar-refractivity contribution < 1.29 is 18.3 Å². The highest BCUT2D eigenvalue weighted by molar-refractivity contribution is 5.94. The van der Waals surface area contributed by atoms with Crippen molar-refractivity contribution in [3.8, 4) is 11.3 Å². The molecule has 3 N–H and O–H groups in total. The Kier molecular flexibility index (Phi) is 5.35. The number of primary amides is 1. The molecule has 0 bridgehead atoms. The van der Waals surface area contributed by atoms with Crippen LogP contribution in [0.3, 0.4) is 0 Å². The molecular weight excluding hydrogens is 430 g/mol. The molecule has 5 rings (SSSR count). The summed E-state index contributed by atoms with van der Waals surface area (Å²) in [4.78, 5) is 22.3. The zero-order valence-corrected chi connectivity index (χ0v) is 17.5. The summed E-state index contributed by atoms with van der Waals surface area (Å²) >= 11 is 0. The lowest BCUT2D eigenvalue weighted by molar-refractivity contribution is 0.0992. The molecule has 0 aliphatic carbocycles. The number of nitrogens with one attached hydrogen (secondary N) is 1. The van der Waals surface area contributed by atoms with Crippen LogP contribution in [-0.2, 0) is 4.74 Å². The van der Waals surface area contributed by atoms with Crippen molar-refractivity contribution in [3.63, 3.8) is 0 Å². The maximum atomic E-state index is 14.3. The molecule has 0 atom stereocenters. The summed E-state index contributed by atoms with van der Waals surface area (Å²) in [6.45, 7) is 3.14. The lowest BCUT2D eigenvalue weighted by Crippen LogP contribution is -2.36. The van der Waals surface area contributed by atoms with E-state index in [1.807, 2.05) is 24.3 Å². The van der Waals surface area contributed by atoms with Crippen LogP contribution in [0.1, 0.15) is 10.4 Å². The Morgan fingerprint density at radius 3 is 2.42 bits per heavy atom. The van der Waals surface area contributed by atoms with Crippen LogP contribution in [0.25, 0.3) is 16.9 Å². The number of aromatic nitrogens is 3. The minimum absolute atomic E-state index is 0.201. The fourth-order valence-corrected chi connectivity index (χ4v) is 3.89. The van der Waals surface area contributed by atoms with Gasteiger partial charge in [-0.2, -0.15) is 0 Å². The zero-order valence-electron chi connectivity index (χ0n) is 17.5. The van der Waals surface area contributed by atoms with Gasteiger partial charge in [0.05, 0.1) is 25.1 Å². The summed E-state index contributed by atoms with van der Waals surface area (Å²) in [5.41, 5.74) is 7.31. The highest BCUT2D eigenvalue weighted by Crippen LogP contribution is 2.28. The summed E-state index contributed by atoms with van der Waals surface area (Å²) in [5, 5.41) is 3.24. The summed E-state index contributed by atoms with van der Waals surface area (Å²) in [6.07, 6.45) is 4.71. The summed E-state index contributed by atoms with van der Waals surface area (Å²) < 4.78 is 35.7. The van der Waals surface area contributed by atoms with Crippen molar-refractivity contribution in [1.29, 1.82) is 0 Å². The third kappa shape index (κ3) is 3.96. The van der Waals surface area contributed by atoms with Crippen LogP contribution >= 0.6 is 0 Å². The van der Waals surface area contributed by atoms with Gasteiger partial charge in [0.2, 0.25) is 0 Å². The molecule has 10 heteroatoms. The van der Waals surface area contributed by atoms with Crippen LogP contribution < -0.4 is 16.0 Å². The molecule has 1 saturated heterocycles. The average Bonchev–Trinajstić information content (AvgIpc) is 3.30. The summed E-state index contributed by atoms with van der Waals surface area (Å²) in [5.74, 6) is -2.75. The number of carbonyl (C=O) groups is 1. The van der Waals surface area contributed by atoms with Gasteiger partial charge in [-0.15, -0.1) is 0 Å². The van der Waals surface area contributed by atoms with Gasteiger partial charge in [0, 0.05) is 42.4 Å². The number of nitrogens with two attached hydrogens (primary N) is 1. The maximum Gasteiger partial charge on any atom is 0.254 e. The second-order valence-electron chi connectivity index (χ2n) is 7.56. The SMILES string of the molecule is NC(=O)c1c(F)cc(-c2cnc(Nc3ccc(N4CCOCC4)cc3)c3nccn23)cc1F. The van der Waals surface area contributed by atoms with E-state index < -0.39 is 23.1 Å². The summed E-state index contributed by atoms with van der Waals surface area (Å²) in [7, 11) is 0. The number of hydrogen-bond donors (Lipinski definition) is 2. The van der Waals surface area contributed by atoms with Gasteiger partial charge in [-0.25, -0.2) is 18.7 Å². The molecule has 1 fully saturated rings. The maximum absolute atomic E-state index is 14.3. The van der Waals surface area contributed by atoms with Crippen LogP contribution in [0.5, 0.6) is 0 Å². The van der Waals surface area contributed by atoms with Gasteiger partial charge in [-0.1, -0.05) is 0 Å². The molecule has 1 aliphatic heterocycles. The largest absolute Gasteiger partial charge is 0.378 e. The first-order valence-corrected chi connectivity index (χ1v) is 10.3. The quantitative estimate of drug-likeness (QED) is 0.484. The van der Waals surface area contributed by atoms with Gasteiger partial charge in [-0.05, 0) is 36.4 Å². The first kappa shape index (κ1) is 20.8. The van der Waals surface area contributed by atoms with Crippen LogP contribution in [0.15, 0.2) is 55.0 Å². The molecule has 0 spiro atoms. The Hall–Kier alpha value is -4.05. The topological polar surface area (TPSA) is 97.8 Å². The Morgan fingerprint density at radius 1 is 1.06 bits per heavy atom. The molecule has 0 saturated carbocycles. The van der Waals surface area contributed by atoms with E-state index in [4.69, 9.17) is 10.5 Å². The van der Waals surface area contributed by atoms with E-state index in [-0.39, 0.29) is 5.56 Å². The highest BCUT2D eigenvalue weighted by Gasteiger charge is 2.19. The number of morpholine rings is 1. The van der Waals surface area contributed by atoms with Gasteiger partial charge in [0.25, 0.3) is 5.91 Å². The Balaban J connectivity index is 1.45. The molecule has 1 amide bonds. The van der Waals surface area contributed by atoms with Crippen molar-refractivity contribution >= 4 is 28.7 Å². The van der Waals surface area contributed by atoms with Crippen LogP contribution in [0.4, 0.5) is 26.0 Å². The van der Waals surface area contributed by atoms with Crippen molar-refractivity contribution in [2.24, 2.45) is 5.73 Å². The minimum atomic E-state index is -1.17. The number of ether oxygens (including phenoxy) is 1. The monoisotopic (exact) mass is 450 g/mol. The number of carbonyl (C=O) groups excluding carboxylic acids is 1. The number of amides is 1. The van der Waals surface area contributed by atoms with E-state index in [0.29, 0.717) is 30.4 Å². The second-order valence-corrected chi connectivity index (χ2v) is 7.56. The molecule has 8 nitrogen and oxygen atoms in total. The molecule has 0 radical (unpaired) electrons. The molecule has 33 heavy (non-hydrogen) atoms. The number of benzene rings is 2. The normalized spacial score (nSPS) is 13.9. The van der Waals surface area contributed by atoms with Gasteiger partial charge >= 0.3 is 0 Å². The summed E-state index contributed by atoms with van der Waals surface area (Å²) in [6, 6.07) is 10.1. The van der Waals surface area contributed by atoms with Gasteiger partial charge in [-0.3, -0.25) is 9.20 Å². The average molecular weight is 450 g/mol. The molecule has 2 aromatic heterocycles. The number of rotatable bonds is 5. The van der Waals surface area contributed by atoms with E-state index in [1.54, 1.807) is 16.8 Å². The molecular formula is C23H20F2N6O2. The number of hydrogen-bond acceptors (Lipinski definition) is 6. The van der Waals surface area contributed by atoms with E-state index in [9.17, 15) is 13.6 Å². The lowest BCUT2D eigenvalue weighted by Gasteiger charge is -2.28. The second kappa shape index (κ2) is 8.47. The first-order chi connectivity index (χ1) is 16.0. The predicted octanol–water partition coefficient (Wildman–Crippen LogP) is 3.35. The number of halogens is 2. The van der Waals surface area contributed by atoms with E-state index in [2.05, 4.69) is 20.2 Å². The van der Waals surface area contributed by atoms with Gasteiger partial charge in [0.1, 0.15) is 17.2 Å². The van der Waals surface area contributed by atoms with Crippen LogP contribution in [-0.4, -0.2) is 46.6 Å². The van der Waals surface area contributed by atoms with Crippen molar-refractivity contribution in [2.45, 2.75) is 0 Å². The standard InChI is InChI=1S/C23H20F2N6O2/c24-17-11-14(12-18(25)20(17)21(26)32)19-13-28-22(23-27-5-6-31(19)23)29-15-1-3-16(4-2-15)30-7-9-33-10-8-30/h1-6,11-13H,7-10H2,(H2,26,32)(H,28,29). The van der Waals surface area contributed by atoms with Crippen molar-refractivity contribution in [1.82, 2.24) is 14.4 Å². The van der Waals surface area contributed by atoms with Gasteiger partial charge in [0.15, 0.2) is 11.5 Å². The lowest BCUT2D eigenvalue weighted by atomic mass is 10.1. The molecule has 168 valence electrons. The smallest absolute Gasteiger partial charge is 0.254 e. The number of imidazole rings is 1. The third-order valence-corrected chi connectivity index (χ3v) is 5.52. The third-order valence-electron chi connectivity index (χ3n) is 5.52. The Morgan fingerprint density at radius 2 is 1.76 bits per heavy atom. The van der Waals surface area contributed by atoms with Crippen molar-refractivity contribution in [3.05, 3.63) is 72.2 Å². The fourth-order valence-electron chi connectivity index (χ4n) is 3.89. The zero-order chi connectivity index (χ0) is 22.9. The van der Waals surface area contributed by atoms with Gasteiger partial charge < -0.3 is 20.7 Å². The molecule has 0 unspecified atom stereocenters. The Labute approximate surface area is 187 Å². The highest BCUT2D eigenvalue weighted by atomic mass is 19.1. The fraction of sp³-hybridized carbons (Fsp3) is 0.174. The molecule has 3 heterocycles. The number of nitrogens with zero attached hydrogens (tertiary/aromatic N) is 4. The first-order valence-electron chi connectivity index (χ1n) is 10.3. The molecule has 1 aliphatic rings. The van der Waals surface area contributed by atoms with Crippen LogP contribution in [0, 0.1) is 11.6 Å². The Bertz CT molecular complexity index is 1310. The number of anilines is 3. The minimum Gasteiger partial charge on any atom is -0.378 e. The molecule has 4 aromatic rings. The predicted molar refractivity (Wildman–Crippen MR) is 120 cm³/mol. The van der Waals surface area contributed by atoms with E-state index in [1.165, 1.54) is 6.20 Å². The number of fused-ring (bicyclic) bond motifs is 1. The van der Waals surface area contributed by atoms with E-state index >= 15 is 0 Å². The van der Waals surface area contributed by atoms with Crippen molar-refractivity contribution in [2.75, 3.05) is 36.5 Å². The molecule has 2 aromatic carbocycles.